The second kappa shape index (κ2) is 6.69. The molecule has 0 N–H and O–H groups in total. The summed E-state index contributed by atoms with van der Waals surface area (Å²) in [6, 6.07) is 0. The lowest BCUT2D eigenvalue weighted by Gasteiger charge is -2.34. The molecule has 0 aromatic carbocycles. The summed E-state index contributed by atoms with van der Waals surface area (Å²) in [4.78, 5) is 33.9. The normalized spacial score (nSPS) is 16.6. The van der Waals surface area contributed by atoms with Crippen molar-refractivity contribution in [3.63, 3.8) is 0 Å². The number of carbonyl (C=O) groups is 3. The molecule has 0 aromatic heterocycles. The van der Waals surface area contributed by atoms with E-state index >= 15 is 0 Å². The predicted octanol–water partition coefficient (Wildman–Crippen LogP) is 1.95. The van der Waals surface area contributed by atoms with E-state index in [1.807, 2.05) is 0 Å². The Hall–Kier alpha value is -1.37. The second-order valence-corrected chi connectivity index (χ2v) is 7.36. The van der Waals surface area contributed by atoms with Gasteiger partial charge in [0.25, 0.3) is 17.9 Å². The average molecular weight is 288 g/mol. The Morgan fingerprint density at radius 3 is 1.47 bits per heavy atom. The Morgan fingerprint density at radius 2 is 1.16 bits per heavy atom. The van der Waals surface area contributed by atoms with Gasteiger partial charge >= 0.3 is 8.80 Å². The first-order chi connectivity index (χ1) is 8.85. The van der Waals surface area contributed by atoms with Crippen molar-refractivity contribution in [1.82, 2.24) is 0 Å². The van der Waals surface area contributed by atoms with Gasteiger partial charge in [-0.2, -0.15) is 0 Å². The van der Waals surface area contributed by atoms with E-state index in [1.54, 1.807) is 0 Å². The largest absolute Gasteiger partial charge is 0.708 e. The Morgan fingerprint density at radius 1 is 0.789 bits per heavy atom. The van der Waals surface area contributed by atoms with Gasteiger partial charge in [0.05, 0.1) is 5.54 Å². The maximum atomic E-state index is 11.3. The molecule has 1 rings (SSSR count). The third-order valence-corrected chi connectivity index (χ3v) is 6.26. The lowest BCUT2D eigenvalue weighted by molar-refractivity contribution is -0.148. The zero-order valence-corrected chi connectivity index (χ0v) is 12.6. The van der Waals surface area contributed by atoms with Crippen molar-refractivity contribution >= 4 is 26.7 Å². The lowest BCUT2D eigenvalue weighted by Crippen LogP contribution is -2.53. The third-order valence-electron chi connectivity index (χ3n) is 2.96. The highest BCUT2D eigenvalue weighted by molar-refractivity contribution is 6.67. The highest BCUT2D eigenvalue weighted by Gasteiger charge is 2.58. The van der Waals surface area contributed by atoms with Crippen LogP contribution in [0.3, 0.4) is 0 Å². The lowest BCUT2D eigenvalue weighted by atomic mass is 10.0. The van der Waals surface area contributed by atoms with E-state index in [9.17, 15) is 14.4 Å². The first kappa shape index (κ1) is 15.7. The van der Waals surface area contributed by atoms with Gasteiger partial charge in [-0.15, -0.1) is 0 Å². The first-order valence-electron chi connectivity index (χ1n) is 6.44. The van der Waals surface area contributed by atoms with Crippen molar-refractivity contribution in [1.29, 1.82) is 0 Å². The van der Waals surface area contributed by atoms with Crippen molar-refractivity contribution in [3.05, 3.63) is 0 Å². The van der Waals surface area contributed by atoms with E-state index in [0.717, 1.165) is 32.1 Å². The van der Waals surface area contributed by atoms with Crippen LogP contribution < -0.4 is 0 Å². The first-order valence-corrected chi connectivity index (χ1v) is 8.24. The molecule has 0 spiro atoms. The monoisotopic (exact) mass is 288 g/mol. The summed E-state index contributed by atoms with van der Waals surface area (Å²) in [6.45, 7) is 3.66. The van der Waals surface area contributed by atoms with Gasteiger partial charge in [0.2, 0.25) is 0 Å². The maximum absolute atomic E-state index is 11.3. The van der Waals surface area contributed by atoms with Crippen LogP contribution in [0.25, 0.3) is 0 Å². The molecule has 0 bridgehead atoms. The average Bonchev–Trinajstić information content (AvgIpc) is 2.27. The smallest absolute Gasteiger partial charge is 0.455 e. The summed E-state index contributed by atoms with van der Waals surface area (Å²) in [5.74, 6) is -1.79. The van der Waals surface area contributed by atoms with Gasteiger partial charge in [-0.3, -0.25) is 14.4 Å². The number of carbonyl (C=O) groups excluding carboxylic acids is 3. The molecule has 0 aromatic rings. The Bertz CT molecular complexity index is 320. The fraction of sp³-hybridized carbons (Fsp3) is 0.750. The zero-order valence-electron chi connectivity index (χ0n) is 11.6. The van der Waals surface area contributed by atoms with Crippen molar-refractivity contribution in [2.45, 2.75) is 58.4 Å². The van der Waals surface area contributed by atoms with Crippen LogP contribution >= 0.6 is 0 Å². The minimum atomic E-state index is -3.63. The van der Waals surface area contributed by atoms with E-state index in [1.165, 1.54) is 20.8 Å². The van der Waals surface area contributed by atoms with Crippen LogP contribution in [0.1, 0.15) is 52.9 Å². The van der Waals surface area contributed by atoms with Gasteiger partial charge in [0, 0.05) is 20.8 Å². The van der Waals surface area contributed by atoms with Crippen molar-refractivity contribution in [3.8, 4) is 0 Å². The fourth-order valence-electron chi connectivity index (χ4n) is 2.37. The summed E-state index contributed by atoms with van der Waals surface area (Å²) in [5, 5.41) is 0. The predicted molar refractivity (Wildman–Crippen MR) is 67.9 cm³/mol. The van der Waals surface area contributed by atoms with E-state index in [0.29, 0.717) is 0 Å². The molecular formula is C12H20O6Si. The zero-order chi connectivity index (χ0) is 14.5. The molecule has 1 aliphatic carbocycles. The van der Waals surface area contributed by atoms with Crippen LogP contribution in [0, 0.1) is 0 Å². The molecule has 0 atom stereocenters. The van der Waals surface area contributed by atoms with Crippen LogP contribution in [0.4, 0.5) is 0 Å². The molecule has 7 heteroatoms. The molecule has 0 saturated heterocycles. The standard InChI is InChI=1S/C12H20O6Si/c1-9(13)16-19(17-10(2)14,18-11(3)15)12-7-5-4-6-8-12/h12H,4-8H2,1-3H3. The minimum absolute atomic E-state index is 0.182. The van der Waals surface area contributed by atoms with Gasteiger partial charge in [-0.1, -0.05) is 19.3 Å². The summed E-state index contributed by atoms with van der Waals surface area (Å²) >= 11 is 0. The van der Waals surface area contributed by atoms with E-state index < -0.39 is 26.7 Å². The van der Waals surface area contributed by atoms with E-state index in [-0.39, 0.29) is 5.54 Å². The van der Waals surface area contributed by atoms with Gasteiger partial charge in [-0.25, -0.2) is 0 Å². The number of hydrogen-bond acceptors (Lipinski definition) is 6. The number of hydrogen-bond donors (Lipinski definition) is 0. The molecule has 0 heterocycles. The maximum Gasteiger partial charge on any atom is 0.708 e. The van der Waals surface area contributed by atoms with Crippen LogP contribution in [-0.4, -0.2) is 26.7 Å². The van der Waals surface area contributed by atoms with Gasteiger partial charge in [0.1, 0.15) is 0 Å². The van der Waals surface area contributed by atoms with Crippen LogP contribution in [0.2, 0.25) is 5.54 Å². The molecular weight excluding hydrogens is 268 g/mol. The Balaban J connectivity index is 3.02. The van der Waals surface area contributed by atoms with E-state index in [2.05, 4.69) is 0 Å². The minimum Gasteiger partial charge on any atom is -0.455 e. The Kier molecular flexibility index (Phi) is 5.53. The third kappa shape index (κ3) is 4.66. The van der Waals surface area contributed by atoms with Crippen molar-refractivity contribution in [2.75, 3.05) is 0 Å². The van der Waals surface area contributed by atoms with Crippen LogP contribution in [0.5, 0.6) is 0 Å². The van der Waals surface area contributed by atoms with Gasteiger partial charge < -0.3 is 13.3 Å². The molecule has 0 amide bonds. The fourth-order valence-corrected chi connectivity index (χ4v) is 5.31. The summed E-state index contributed by atoms with van der Waals surface area (Å²) in [6.07, 6.45) is 4.45. The van der Waals surface area contributed by atoms with Crippen molar-refractivity contribution < 1.29 is 27.7 Å². The summed E-state index contributed by atoms with van der Waals surface area (Å²) in [5.41, 5.74) is -0.182. The molecule has 6 nitrogen and oxygen atoms in total. The van der Waals surface area contributed by atoms with Crippen LogP contribution in [0.15, 0.2) is 0 Å². The van der Waals surface area contributed by atoms with Crippen molar-refractivity contribution in [2.24, 2.45) is 0 Å². The highest BCUT2D eigenvalue weighted by atomic mass is 28.4. The molecule has 0 aliphatic heterocycles. The highest BCUT2D eigenvalue weighted by Crippen LogP contribution is 2.39. The van der Waals surface area contributed by atoms with Gasteiger partial charge in [0.15, 0.2) is 0 Å². The van der Waals surface area contributed by atoms with E-state index in [4.69, 9.17) is 13.3 Å². The molecule has 108 valence electrons. The molecule has 0 radical (unpaired) electrons. The second-order valence-electron chi connectivity index (χ2n) is 4.72. The quantitative estimate of drug-likeness (QED) is 0.736. The molecule has 1 saturated carbocycles. The SMILES string of the molecule is CC(=O)O[Si](OC(C)=O)(OC(C)=O)C1CCCCC1. The number of rotatable bonds is 4. The molecule has 1 aliphatic rings. The molecule has 19 heavy (non-hydrogen) atoms. The molecule has 1 fully saturated rings. The summed E-state index contributed by atoms with van der Waals surface area (Å²) < 4.78 is 15.6. The molecule has 0 unspecified atom stereocenters. The Labute approximate surface area is 113 Å². The summed E-state index contributed by atoms with van der Waals surface area (Å²) in [7, 11) is -3.63. The van der Waals surface area contributed by atoms with Crippen LogP contribution in [-0.2, 0) is 27.7 Å². The van der Waals surface area contributed by atoms with Gasteiger partial charge in [-0.05, 0) is 12.8 Å². The topological polar surface area (TPSA) is 78.9 Å².